The Kier molecular flexibility index (Phi) is 4.51. The number of carbonyl (C=O) groups excluding carboxylic acids is 1. The number of hydrogen-bond acceptors (Lipinski definition) is 4. The Hall–Kier alpha value is -2.06. The van der Waals surface area contributed by atoms with E-state index in [2.05, 4.69) is 10.0 Å². The summed E-state index contributed by atoms with van der Waals surface area (Å²) in [6, 6.07) is 9.63. The molecule has 0 spiro atoms. The zero-order valence-electron chi connectivity index (χ0n) is 12.7. The first-order valence-electron chi connectivity index (χ1n) is 7.29. The first kappa shape index (κ1) is 16.8. The molecular weight excluding hydrogens is 351 g/mol. The normalized spacial score (nSPS) is 17.1. The summed E-state index contributed by atoms with van der Waals surface area (Å²) in [5, 5.41) is 2.57. The van der Waals surface area contributed by atoms with Gasteiger partial charge in [-0.1, -0.05) is 6.92 Å². The van der Waals surface area contributed by atoms with Crippen molar-refractivity contribution in [3.8, 4) is 0 Å². The van der Waals surface area contributed by atoms with Crippen molar-refractivity contribution in [2.45, 2.75) is 28.4 Å². The fourth-order valence-electron chi connectivity index (χ4n) is 2.30. The molecule has 0 aliphatic carbocycles. The molecule has 1 atom stereocenters. The highest BCUT2D eigenvalue weighted by Crippen LogP contribution is 2.38. The van der Waals surface area contributed by atoms with Gasteiger partial charge < -0.3 is 5.32 Å². The standard InChI is InChI=1S/C16H15FN2O3S2/c1-2-14-16(20)18-13-9-12(7-8-15(13)23-14)24(21,22)19-11-5-3-10(17)4-6-11/h3-9,14,19H,2H2,1H3,(H,18,20). The number of sulfonamides is 1. The maximum absolute atomic E-state index is 12.9. The van der Waals surface area contributed by atoms with Crippen molar-refractivity contribution in [3.05, 3.63) is 48.3 Å². The quantitative estimate of drug-likeness (QED) is 0.869. The maximum atomic E-state index is 12.9. The Bertz CT molecular complexity index is 883. The van der Waals surface area contributed by atoms with Gasteiger partial charge in [-0.25, -0.2) is 12.8 Å². The van der Waals surface area contributed by atoms with Crippen LogP contribution in [0.4, 0.5) is 15.8 Å². The van der Waals surface area contributed by atoms with Crippen molar-refractivity contribution < 1.29 is 17.6 Å². The first-order valence-corrected chi connectivity index (χ1v) is 9.65. The van der Waals surface area contributed by atoms with Gasteiger partial charge in [0.2, 0.25) is 5.91 Å². The van der Waals surface area contributed by atoms with Crippen LogP contribution in [0.3, 0.4) is 0 Å². The van der Waals surface area contributed by atoms with Crippen LogP contribution < -0.4 is 10.0 Å². The molecule has 0 saturated carbocycles. The van der Waals surface area contributed by atoms with Crippen molar-refractivity contribution >= 4 is 39.1 Å². The zero-order chi connectivity index (χ0) is 17.3. The molecule has 1 aliphatic heterocycles. The molecule has 0 bridgehead atoms. The minimum absolute atomic E-state index is 0.0291. The monoisotopic (exact) mass is 366 g/mol. The summed E-state index contributed by atoms with van der Waals surface area (Å²) in [5.74, 6) is -0.576. The molecule has 1 amide bonds. The van der Waals surface area contributed by atoms with E-state index in [0.29, 0.717) is 12.1 Å². The van der Waals surface area contributed by atoms with E-state index >= 15 is 0 Å². The minimum atomic E-state index is -3.83. The van der Waals surface area contributed by atoms with E-state index in [-0.39, 0.29) is 21.7 Å². The number of rotatable bonds is 4. The zero-order valence-corrected chi connectivity index (χ0v) is 14.4. The number of benzene rings is 2. The van der Waals surface area contributed by atoms with Gasteiger partial charge in [0.1, 0.15) is 5.82 Å². The lowest BCUT2D eigenvalue weighted by molar-refractivity contribution is -0.115. The fraction of sp³-hybridized carbons (Fsp3) is 0.188. The van der Waals surface area contributed by atoms with Crippen LogP contribution in [-0.4, -0.2) is 19.6 Å². The van der Waals surface area contributed by atoms with Crippen molar-refractivity contribution in [3.63, 3.8) is 0 Å². The van der Waals surface area contributed by atoms with E-state index < -0.39 is 15.8 Å². The van der Waals surface area contributed by atoms with Gasteiger partial charge in [-0.2, -0.15) is 0 Å². The second kappa shape index (κ2) is 6.45. The molecule has 0 aromatic heterocycles. The molecule has 0 fully saturated rings. The van der Waals surface area contributed by atoms with Gasteiger partial charge in [-0.05, 0) is 48.9 Å². The Balaban J connectivity index is 1.88. The number of thioether (sulfide) groups is 1. The molecule has 1 unspecified atom stereocenters. The summed E-state index contributed by atoms with van der Waals surface area (Å²) in [6.45, 7) is 1.92. The molecule has 1 aliphatic rings. The summed E-state index contributed by atoms with van der Waals surface area (Å²) in [7, 11) is -3.83. The highest BCUT2D eigenvalue weighted by atomic mass is 32.2. The van der Waals surface area contributed by atoms with Crippen LogP contribution in [-0.2, 0) is 14.8 Å². The topological polar surface area (TPSA) is 75.3 Å². The Labute approximate surface area is 143 Å². The van der Waals surface area contributed by atoms with Gasteiger partial charge >= 0.3 is 0 Å². The Morgan fingerprint density at radius 2 is 1.92 bits per heavy atom. The largest absolute Gasteiger partial charge is 0.324 e. The van der Waals surface area contributed by atoms with Gasteiger partial charge in [0, 0.05) is 10.6 Å². The van der Waals surface area contributed by atoms with Gasteiger partial charge in [-0.15, -0.1) is 11.8 Å². The summed E-state index contributed by atoms with van der Waals surface area (Å²) in [6.07, 6.45) is 0.697. The second-order valence-electron chi connectivity index (χ2n) is 5.27. The Morgan fingerprint density at radius 3 is 2.58 bits per heavy atom. The third-order valence-electron chi connectivity index (χ3n) is 3.55. The molecular formula is C16H15FN2O3S2. The average molecular weight is 366 g/mol. The molecule has 1 heterocycles. The first-order chi connectivity index (χ1) is 11.4. The molecule has 5 nitrogen and oxygen atoms in total. The second-order valence-corrected chi connectivity index (χ2v) is 8.20. The van der Waals surface area contributed by atoms with E-state index in [4.69, 9.17) is 0 Å². The lowest BCUT2D eigenvalue weighted by Crippen LogP contribution is -2.28. The van der Waals surface area contributed by atoms with Gasteiger partial charge in [-0.3, -0.25) is 9.52 Å². The van der Waals surface area contributed by atoms with Crippen LogP contribution in [0.15, 0.2) is 52.3 Å². The summed E-state index contributed by atoms with van der Waals surface area (Å²) in [5.41, 5.74) is 0.746. The predicted molar refractivity (Wildman–Crippen MR) is 92.2 cm³/mol. The number of carbonyl (C=O) groups is 1. The number of amides is 1. The molecule has 24 heavy (non-hydrogen) atoms. The van der Waals surface area contributed by atoms with E-state index in [0.717, 1.165) is 4.90 Å². The fourth-order valence-corrected chi connectivity index (χ4v) is 4.40. The molecule has 0 saturated heterocycles. The third kappa shape index (κ3) is 3.39. The number of anilines is 2. The van der Waals surface area contributed by atoms with Crippen LogP contribution in [0, 0.1) is 5.82 Å². The Morgan fingerprint density at radius 1 is 1.21 bits per heavy atom. The van der Waals surface area contributed by atoms with E-state index in [1.54, 1.807) is 6.07 Å². The summed E-state index contributed by atoms with van der Waals surface area (Å²) >= 11 is 1.42. The van der Waals surface area contributed by atoms with Crippen LogP contribution in [0.5, 0.6) is 0 Å². The third-order valence-corrected chi connectivity index (χ3v) is 6.37. The SMILES string of the molecule is CCC1Sc2ccc(S(=O)(=O)Nc3ccc(F)cc3)cc2NC1=O. The van der Waals surface area contributed by atoms with E-state index in [1.807, 2.05) is 6.92 Å². The summed E-state index contributed by atoms with van der Waals surface area (Å²) < 4.78 is 40.2. The van der Waals surface area contributed by atoms with Crippen LogP contribution in [0.1, 0.15) is 13.3 Å². The van der Waals surface area contributed by atoms with Crippen molar-refractivity contribution in [2.75, 3.05) is 10.0 Å². The number of fused-ring (bicyclic) bond motifs is 1. The minimum Gasteiger partial charge on any atom is -0.324 e. The molecule has 2 aromatic rings. The van der Waals surface area contributed by atoms with E-state index in [1.165, 1.54) is 48.2 Å². The predicted octanol–water partition coefficient (Wildman–Crippen LogP) is 3.45. The van der Waals surface area contributed by atoms with Crippen LogP contribution >= 0.6 is 11.8 Å². The molecule has 126 valence electrons. The smallest absolute Gasteiger partial charge is 0.261 e. The lowest BCUT2D eigenvalue weighted by Gasteiger charge is -2.23. The molecule has 3 rings (SSSR count). The molecule has 0 radical (unpaired) electrons. The maximum Gasteiger partial charge on any atom is 0.261 e. The van der Waals surface area contributed by atoms with Crippen molar-refractivity contribution in [2.24, 2.45) is 0 Å². The van der Waals surface area contributed by atoms with Crippen molar-refractivity contribution in [1.82, 2.24) is 0 Å². The number of nitrogens with one attached hydrogen (secondary N) is 2. The van der Waals surface area contributed by atoms with Crippen molar-refractivity contribution in [1.29, 1.82) is 0 Å². The van der Waals surface area contributed by atoms with Crippen LogP contribution in [0.25, 0.3) is 0 Å². The van der Waals surface area contributed by atoms with Crippen LogP contribution in [0.2, 0.25) is 0 Å². The highest BCUT2D eigenvalue weighted by Gasteiger charge is 2.27. The van der Waals surface area contributed by atoms with Gasteiger partial charge in [0.25, 0.3) is 10.0 Å². The molecule has 2 aromatic carbocycles. The molecule has 2 N–H and O–H groups in total. The van der Waals surface area contributed by atoms with Gasteiger partial charge in [0.15, 0.2) is 0 Å². The summed E-state index contributed by atoms with van der Waals surface area (Å²) in [4.78, 5) is 12.8. The van der Waals surface area contributed by atoms with Gasteiger partial charge in [0.05, 0.1) is 15.8 Å². The van der Waals surface area contributed by atoms with E-state index in [9.17, 15) is 17.6 Å². The average Bonchev–Trinajstić information content (AvgIpc) is 2.55. The number of hydrogen-bond donors (Lipinski definition) is 2. The number of halogens is 1. The lowest BCUT2D eigenvalue weighted by atomic mass is 10.2. The highest BCUT2D eigenvalue weighted by molar-refractivity contribution is 8.01. The molecule has 8 heteroatoms.